The predicted octanol–water partition coefficient (Wildman–Crippen LogP) is 4.55. The fourth-order valence-electron chi connectivity index (χ4n) is 3.36. The van der Waals surface area contributed by atoms with Crippen LogP contribution in [0.3, 0.4) is 0 Å². The average Bonchev–Trinajstić information content (AvgIpc) is 3.26. The SMILES string of the molecule is Cc1ccc(NC(=O)C2CCCN(c3ccc(-c4ccco4)nn3)C2)cc1Cl. The van der Waals surface area contributed by atoms with Gasteiger partial charge >= 0.3 is 0 Å². The number of aromatic nitrogens is 2. The van der Waals surface area contributed by atoms with E-state index in [9.17, 15) is 4.79 Å². The van der Waals surface area contributed by atoms with Gasteiger partial charge in [0.05, 0.1) is 12.2 Å². The second-order valence-electron chi connectivity index (χ2n) is 6.99. The monoisotopic (exact) mass is 396 g/mol. The van der Waals surface area contributed by atoms with Crippen molar-refractivity contribution < 1.29 is 9.21 Å². The lowest BCUT2D eigenvalue weighted by Crippen LogP contribution is -2.41. The predicted molar refractivity (Wildman–Crippen MR) is 109 cm³/mol. The van der Waals surface area contributed by atoms with Crippen molar-refractivity contribution in [1.29, 1.82) is 0 Å². The summed E-state index contributed by atoms with van der Waals surface area (Å²) in [6.45, 7) is 3.40. The summed E-state index contributed by atoms with van der Waals surface area (Å²) in [6.07, 6.45) is 3.38. The van der Waals surface area contributed by atoms with Gasteiger partial charge in [-0.2, -0.15) is 0 Å². The minimum Gasteiger partial charge on any atom is -0.463 e. The molecule has 1 N–H and O–H groups in total. The molecule has 0 bridgehead atoms. The highest BCUT2D eigenvalue weighted by Gasteiger charge is 2.27. The summed E-state index contributed by atoms with van der Waals surface area (Å²) in [4.78, 5) is 14.8. The van der Waals surface area contributed by atoms with E-state index in [-0.39, 0.29) is 11.8 Å². The lowest BCUT2D eigenvalue weighted by Gasteiger charge is -2.32. The van der Waals surface area contributed by atoms with Crippen LogP contribution in [-0.4, -0.2) is 29.2 Å². The van der Waals surface area contributed by atoms with Gasteiger partial charge in [-0.3, -0.25) is 4.79 Å². The van der Waals surface area contributed by atoms with Crippen LogP contribution in [-0.2, 0) is 4.79 Å². The number of anilines is 2. The lowest BCUT2D eigenvalue weighted by molar-refractivity contribution is -0.120. The summed E-state index contributed by atoms with van der Waals surface area (Å²) in [7, 11) is 0. The van der Waals surface area contributed by atoms with Crippen molar-refractivity contribution in [1.82, 2.24) is 10.2 Å². The molecule has 1 unspecified atom stereocenters. The number of halogens is 1. The molecule has 0 radical (unpaired) electrons. The second kappa shape index (κ2) is 8.02. The van der Waals surface area contributed by atoms with E-state index in [1.54, 1.807) is 12.3 Å². The number of hydrogen-bond acceptors (Lipinski definition) is 5. The second-order valence-corrected chi connectivity index (χ2v) is 7.40. The van der Waals surface area contributed by atoms with Gasteiger partial charge in [0.25, 0.3) is 0 Å². The van der Waals surface area contributed by atoms with E-state index in [0.29, 0.717) is 23.0 Å². The highest BCUT2D eigenvalue weighted by molar-refractivity contribution is 6.31. The molecule has 3 heterocycles. The molecule has 2 aromatic heterocycles. The summed E-state index contributed by atoms with van der Waals surface area (Å²) >= 11 is 6.15. The third-order valence-corrected chi connectivity index (χ3v) is 5.39. The van der Waals surface area contributed by atoms with E-state index < -0.39 is 0 Å². The first-order valence-corrected chi connectivity index (χ1v) is 9.67. The van der Waals surface area contributed by atoms with Gasteiger partial charge in [0.15, 0.2) is 11.6 Å². The molecule has 1 aromatic carbocycles. The van der Waals surface area contributed by atoms with Crippen molar-refractivity contribution in [2.75, 3.05) is 23.3 Å². The van der Waals surface area contributed by atoms with E-state index in [2.05, 4.69) is 20.4 Å². The zero-order valence-electron chi connectivity index (χ0n) is 15.6. The summed E-state index contributed by atoms with van der Waals surface area (Å²) in [6, 6.07) is 13.0. The highest BCUT2D eigenvalue weighted by Crippen LogP contribution is 2.25. The van der Waals surface area contributed by atoms with Crippen molar-refractivity contribution in [3.05, 3.63) is 59.3 Å². The number of amides is 1. The van der Waals surface area contributed by atoms with Gasteiger partial charge in [-0.25, -0.2) is 0 Å². The topological polar surface area (TPSA) is 71.3 Å². The Morgan fingerprint density at radius 1 is 1.25 bits per heavy atom. The van der Waals surface area contributed by atoms with Crippen LogP contribution in [0.25, 0.3) is 11.5 Å². The Morgan fingerprint density at radius 2 is 2.14 bits per heavy atom. The smallest absolute Gasteiger partial charge is 0.229 e. The van der Waals surface area contributed by atoms with Crippen LogP contribution in [0.5, 0.6) is 0 Å². The van der Waals surface area contributed by atoms with E-state index in [4.69, 9.17) is 16.0 Å². The molecular weight excluding hydrogens is 376 g/mol. The van der Waals surface area contributed by atoms with E-state index in [1.807, 2.05) is 43.3 Å². The Kier molecular flexibility index (Phi) is 5.30. The van der Waals surface area contributed by atoms with Gasteiger partial charge in [0.2, 0.25) is 5.91 Å². The van der Waals surface area contributed by atoms with Crippen LogP contribution >= 0.6 is 11.6 Å². The first-order valence-electron chi connectivity index (χ1n) is 9.30. The maximum atomic E-state index is 12.7. The molecule has 1 saturated heterocycles. The van der Waals surface area contributed by atoms with Gasteiger partial charge < -0.3 is 14.6 Å². The minimum absolute atomic E-state index is 0.00443. The Labute approximate surface area is 168 Å². The normalized spacial score (nSPS) is 16.8. The van der Waals surface area contributed by atoms with Crippen LogP contribution in [0.1, 0.15) is 18.4 Å². The number of furan rings is 1. The number of benzene rings is 1. The Morgan fingerprint density at radius 3 is 2.86 bits per heavy atom. The minimum atomic E-state index is -0.111. The summed E-state index contributed by atoms with van der Waals surface area (Å²) in [5, 5.41) is 12.2. The third-order valence-electron chi connectivity index (χ3n) is 4.98. The molecule has 28 heavy (non-hydrogen) atoms. The van der Waals surface area contributed by atoms with E-state index in [0.717, 1.165) is 36.5 Å². The van der Waals surface area contributed by atoms with Crippen molar-refractivity contribution in [2.45, 2.75) is 19.8 Å². The lowest BCUT2D eigenvalue weighted by atomic mass is 9.97. The number of hydrogen-bond donors (Lipinski definition) is 1. The zero-order valence-corrected chi connectivity index (χ0v) is 16.3. The molecular formula is C21H21ClN4O2. The fraction of sp³-hybridized carbons (Fsp3) is 0.286. The third kappa shape index (κ3) is 4.02. The van der Waals surface area contributed by atoms with Crippen molar-refractivity contribution in [3.8, 4) is 11.5 Å². The number of nitrogens with one attached hydrogen (secondary N) is 1. The number of nitrogens with zero attached hydrogens (tertiary/aromatic N) is 3. The molecule has 7 heteroatoms. The molecule has 0 aliphatic carbocycles. The van der Waals surface area contributed by atoms with Crippen LogP contribution in [0.2, 0.25) is 5.02 Å². The molecule has 4 rings (SSSR count). The molecule has 144 valence electrons. The maximum Gasteiger partial charge on any atom is 0.229 e. The quantitative estimate of drug-likeness (QED) is 0.700. The Bertz CT molecular complexity index is 957. The fourth-order valence-corrected chi connectivity index (χ4v) is 3.54. The largest absolute Gasteiger partial charge is 0.463 e. The van der Waals surface area contributed by atoms with Crippen LogP contribution < -0.4 is 10.2 Å². The number of aryl methyl sites for hydroxylation is 1. The number of piperidine rings is 1. The van der Waals surface area contributed by atoms with Crippen LogP contribution in [0.4, 0.5) is 11.5 Å². The number of carbonyl (C=O) groups is 1. The van der Waals surface area contributed by atoms with Crippen LogP contribution in [0.15, 0.2) is 53.1 Å². The van der Waals surface area contributed by atoms with E-state index >= 15 is 0 Å². The molecule has 1 amide bonds. The maximum absolute atomic E-state index is 12.7. The molecule has 1 aliphatic rings. The molecule has 0 spiro atoms. The number of rotatable bonds is 4. The standard InChI is InChI=1S/C21H21ClN4O2/c1-14-6-7-16(12-17(14)22)23-21(27)15-4-2-10-26(13-15)20-9-8-18(24-25-20)19-5-3-11-28-19/h3,5-9,11-12,15H,2,4,10,13H2,1H3,(H,23,27). The van der Waals surface area contributed by atoms with Crippen molar-refractivity contribution in [2.24, 2.45) is 5.92 Å². The first kappa shape index (κ1) is 18.5. The highest BCUT2D eigenvalue weighted by atomic mass is 35.5. The summed E-state index contributed by atoms with van der Waals surface area (Å²) < 4.78 is 5.35. The Balaban J connectivity index is 1.42. The van der Waals surface area contributed by atoms with Crippen molar-refractivity contribution >= 4 is 29.0 Å². The molecule has 1 atom stereocenters. The molecule has 1 aliphatic heterocycles. The van der Waals surface area contributed by atoms with Gasteiger partial charge in [-0.05, 0) is 61.7 Å². The van der Waals surface area contributed by atoms with Gasteiger partial charge in [0.1, 0.15) is 5.69 Å². The van der Waals surface area contributed by atoms with E-state index in [1.165, 1.54) is 0 Å². The summed E-state index contributed by atoms with van der Waals surface area (Å²) in [5.41, 5.74) is 2.40. The molecule has 1 fully saturated rings. The zero-order chi connectivity index (χ0) is 19.5. The molecule has 6 nitrogen and oxygen atoms in total. The van der Waals surface area contributed by atoms with Gasteiger partial charge in [-0.1, -0.05) is 17.7 Å². The molecule has 0 saturated carbocycles. The average molecular weight is 397 g/mol. The number of carbonyl (C=O) groups excluding carboxylic acids is 1. The van der Waals surface area contributed by atoms with Crippen molar-refractivity contribution in [3.63, 3.8) is 0 Å². The first-order chi connectivity index (χ1) is 13.6. The molecule has 3 aromatic rings. The van der Waals surface area contributed by atoms with Gasteiger partial charge in [0, 0.05) is 23.8 Å². The van der Waals surface area contributed by atoms with Crippen LogP contribution in [0, 0.1) is 12.8 Å². The van der Waals surface area contributed by atoms with Gasteiger partial charge in [-0.15, -0.1) is 10.2 Å². The Hall–Kier alpha value is -2.86. The summed E-state index contributed by atoms with van der Waals surface area (Å²) in [5.74, 6) is 1.35.